The highest BCUT2D eigenvalue weighted by molar-refractivity contribution is 6.00. The van der Waals surface area contributed by atoms with E-state index in [1.54, 1.807) is 7.05 Å². The van der Waals surface area contributed by atoms with Gasteiger partial charge in [-0.15, -0.1) is 0 Å². The second kappa shape index (κ2) is 5.84. The van der Waals surface area contributed by atoms with Crippen LogP contribution in [-0.4, -0.2) is 35.0 Å². The van der Waals surface area contributed by atoms with E-state index in [9.17, 15) is 9.59 Å². The van der Waals surface area contributed by atoms with Gasteiger partial charge < -0.3 is 15.7 Å². The zero-order chi connectivity index (χ0) is 14.7. The minimum absolute atomic E-state index is 0.354. The second-order valence-corrected chi connectivity index (χ2v) is 4.80. The van der Waals surface area contributed by atoms with E-state index in [-0.39, 0.29) is 0 Å². The van der Waals surface area contributed by atoms with Crippen molar-refractivity contribution in [2.24, 2.45) is 5.73 Å². The highest BCUT2D eigenvalue weighted by Gasteiger charge is 2.24. The van der Waals surface area contributed by atoms with E-state index in [1.807, 2.05) is 32.9 Å². The number of aryl methyl sites for hydroxylation is 1. The van der Waals surface area contributed by atoms with Crippen molar-refractivity contribution >= 4 is 11.9 Å². The average molecular weight is 264 g/mol. The van der Waals surface area contributed by atoms with Crippen LogP contribution < -0.4 is 5.73 Å². The molecule has 0 radical (unpaired) electrons. The van der Waals surface area contributed by atoms with Crippen LogP contribution in [0, 0.1) is 20.8 Å². The number of likely N-dealkylation sites (N-methyl/N-ethyl adjacent to an activating group) is 1. The number of carboxylic acids is 1. The lowest BCUT2D eigenvalue weighted by Gasteiger charge is -2.21. The third-order valence-corrected chi connectivity index (χ3v) is 3.49. The molecule has 0 spiro atoms. The molecule has 3 N–H and O–H groups in total. The van der Waals surface area contributed by atoms with Crippen LogP contribution >= 0.6 is 0 Å². The molecule has 1 unspecified atom stereocenters. The predicted octanol–water partition coefficient (Wildman–Crippen LogP) is 0.982. The highest BCUT2D eigenvalue weighted by atomic mass is 16.4. The Morgan fingerprint density at radius 3 is 2.37 bits per heavy atom. The maximum Gasteiger partial charge on any atom is 0.330 e. The van der Waals surface area contributed by atoms with Crippen LogP contribution in [0.1, 0.15) is 22.3 Å². The smallest absolute Gasteiger partial charge is 0.330 e. The number of carbonyl (C=O) groups is 2. The molecule has 1 rings (SSSR count). The first-order valence-electron chi connectivity index (χ1n) is 6.04. The monoisotopic (exact) mass is 264 g/mol. The van der Waals surface area contributed by atoms with Crippen LogP contribution in [0.4, 0.5) is 0 Å². The number of nitrogens with zero attached hydrogens (tertiary/aromatic N) is 1. The molecule has 0 heterocycles. The molecule has 1 aromatic rings. The summed E-state index contributed by atoms with van der Waals surface area (Å²) in [7, 11) is 1.56. The first-order valence-corrected chi connectivity index (χ1v) is 6.04. The van der Waals surface area contributed by atoms with Gasteiger partial charge in [0.2, 0.25) is 0 Å². The number of carboxylic acid groups (broad SMARTS) is 1. The lowest BCUT2D eigenvalue weighted by molar-refractivity contribution is -0.146. The van der Waals surface area contributed by atoms with Crippen molar-refractivity contribution in [3.8, 4) is 0 Å². The standard InChI is InChI=1S/C14H20N2O3/c1-8-5-6-11(10(3)9(8)2)7-16(4)13(17)12(15)14(18)19/h5-6,12H,7,15H2,1-4H3,(H,18,19). The number of hydrogen-bond donors (Lipinski definition) is 2. The van der Waals surface area contributed by atoms with Crippen molar-refractivity contribution in [1.29, 1.82) is 0 Å². The first-order chi connectivity index (χ1) is 8.75. The van der Waals surface area contributed by atoms with Crippen LogP contribution in [-0.2, 0) is 16.1 Å². The molecule has 19 heavy (non-hydrogen) atoms. The van der Waals surface area contributed by atoms with Crippen molar-refractivity contribution in [3.63, 3.8) is 0 Å². The quantitative estimate of drug-likeness (QED) is 0.794. The normalized spacial score (nSPS) is 12.1. The summed E-state index contributed by atoms with van der Waals surface area (Å²) >= 11 is 0. The molecular formula is C14H20N2O3. The van der Waals surface area contributed by atoms with E-state index in [0.717, 1.165) is 11.1 Å². The zero-order valence-electron chi connectivity index (χ0n) is 11.7. The van der Waals surface area contributed by atoms with Crippen LogP contribution in [0.2, 0.25) is 0 Å². The summed E-state index contributed by atoms with van der Waals surface area (Å²) in [4.78, 5) is 23.8. The number of rotatable bonds is 4. The molecule has 0 aromatic heterocycles. The summed E-state index contributed by atoms with van der Waals surface area (Å²) in [5, 5.41) is 8.73. The summed E-state index contributed by atoms with van der Waals surface area (Å²) < 4.78 is 0. The van der Waals surface area contributed by atoms with E-state index in [1.165, 1.54) is 16.0 Å². The number of benzene rings is 1. The average Bonchev–Trinajstić information content (AvgIpc) is 2.37. The molecular weight excluding hydrogens is 244 g/mol. The fourth-order valence-corrected chi connectivity index (χ4v) is 1.86. The van der Waals surface area contributed by atoms with Crippen LogP contribution in [0.3, 0.4) is 0 Å². The van der Waals surface area contributed by atoms with E-state index in [4.69, 9.17) is 10.8 Å². The lowest BCUT2D eigenvalue weighted by Crippen LogP contribution is -2.46. The Morgan fingerprint density at radius 2 is 1.84 bits per heavy atom. The minimum Gasteiger partial charge on any atom is -0.480 e. The molecule has 104 valence electrons. The molecule has 5 heteroatoms. The van der Waals surface area contributed by atoms with E-state index in [0.29, 0.717) is 6.54 Å². The topological polar surface area (TPSA) is 83.6 Å². The number of carbonyl (C=O) groups excluding carboxylic acids is 1. The Balaban J connectivity index is 2.89. The fourth-order valence-electron chi connectivity index (χ4n) is 1.86. The number of nitrogens with two attached hydrogens (primary N) is 1. The van der Waals surface area contributed by atoms with Crippen LogP contribution in [0.25, 0.3) is 0 Å². The Morgan fingerprint density at radius 1 is 1.26 bits per heavy atom. The molecule has 0 aliphatic heterocycles. The maximum atomic E-state index is 11.8. The van der Waals surface area contributed by atoms with Gasteiger partial charge in [0.1, 0.15) is 0 Å². The van der Waals surface area contributed by atoms with Gasteiger partial charge in [-0.25, -0.2) is 4.79 Å². The van der Waals surface area contributed by atoms with Crippen LogP contribution in [0.15, 0.2) is 12.1 Å². The van der Waals surface area contributed by atoms with Gasteiger partial charge in [0.05, 0.1) is 0 Å². The molecule has 1 atom stereocenters. The largest absolute Gasteiger partial charge is 0.480 e. The molecule has 0 aliphatic rings. The van der Waals surface area contributed by atoms with E-state index < -0.39 is 17.9 Å². The summed E-state index contributed by atoms with van der Waals surface area (Å²) in [6.45, 7) is 6.40. The first kappa shape index (κ1) is 15.2. The van der Waals surface area contributed by atoms with Crippen molar-refractivity contribution in [3.05, 3.63) is 34.4 Å². The van der Waals surface area contributed by atoms with Gasteiger partial charge in [-0.3, -0.25) is 4.79 Å². The van der Waals surface area contributed by atoms with Gasteiger partial charge in [-0.1, -0.05) is 12.1 Å². The predicted molar refractivity (Wildman–Crippen MR) is 72.7 cm³/mol. The summed E-state index contributed by atoms with van der Waals surface area (Å²) in [5.74, 6) is -1.90. The zero-order valence-corrected chi connectivity index (χ0v) is 11.7. The SMILES string of the molecule is Cc1ccc(CN(C)C(=O)C(N)C(=O)O)c(C)c1C. The van der Waals surface area contributed by atoms with Gasteiger partial charge in [-0.2, -0.15) is 0 Å². The van der Waals surface area contributed by atoms with Gasteiger partial charge in [0.15, 0.2) is 6.04 Å². The third-order valence-electron chi connectivity index (χ3n) is 3.49. The molecule has 1 aromatic carbocycles. The van der Waals surface area contributed by atoms with E-state index in [2.05, 4.69) is 0 Å². The molecule has 0 saturated carbocycles. The molecule has 5 nitrogen and oxygen atoms in total. The third kappa shape index (κ3) is 3.32. The molecule has 0 bridgehead atoms. The summed E-state index contributed by atoms with van der Waals surface area (Å²) in [5.41, 5.74) is 9.80. The van der Waals surface area contributed by atoms with Gasteiger partial charge in [0.25, 0.3) is 5.91 Å². The van der Waals surface area contributed by atoms with Crippen molar-refractivity contribution in [2.45, 2.75) is 33.4 Å². The molecule has 0 fully saturated rings. The van der Waals surface area contributed by atoms with Crippen molar-refractivity contribution in [2.75, 3.05) is 7.05 Å². The second-order valence-electron chi connectivity index (χ2n) is 4.80. The number of hydrogen-bond acceptors (Lipinski definition) is 3. The summed E-state index contributed by atoms with van der Waals surface area (Å²) in [6.07, 6.45) is 0. The van der Waals surface area contributed by atoms with Crippen molar-refractivity contribution < 1.29 is 14.7 Å². The summed E-state index contributed by atoms with van der Waals surface area (Å²) in [6, 6.07) is 2.44. The van der Waals surface area contributed by atoms with Crippen molar-refractivity contribution in [1.82, 2.24) is 4.90 Å². The number of amides is 1. The molecule has 0 saturated heterocycles. The molecule has 1 amide bonds. The van der Waals surface area contributed by atoms with Gasteiger partial charge >= 0.3 is 5.97 Å². The lowest BCUT2D eigenvalue weighted by atomic mass is 9.98. The maximum absolute atomic E-state index is 11.8. The van der Waals surface area contributed by atoms with Gasteiger partial charge in [-0.05, 0) is 43.0 Å². The van der Waals surface area contributed by atoms with Gasteiger partial charge in [0, 0.05) is 13.6 Å². The number of aliphatic carboxylic acids is 1. The van der Waals surface area contributed by atoms with E-state index >= 15 is 0 Å². The Labute approximate surface area is 113 Å². The van der Waals surface area contributed by atoms with Crippen LogP contribution in [0.5, 0.6) is 0 Å². The molecule has 0 aliphatic carbocycles. The highest BCUT2D eigenvalue weighted by Crippen LogP contribution is 2.18. The Hall–Kier alpha value is -1.88. The Bertz CT molecular complexity index is 512. The minimum atomic E-state index is -1.50. The fraction of sp³-hybridized carbons (Fsp3) is 0.429. The Kier molecular flexibility index (Phi) is 4.67.